The third kappa shape index (κ3) is 6.28. The summed E-state index contributed by atoms with van der Waals surface area (Å²) >= 11 is 6.68. The number of ether oxygens (including phenoxy) is 1. The van der Waals surface area contributed by atoms with Crippen molar-refractivity contribution in [2.24, 2.45) is 0 Å². The Morgan fingerprint density at radius 3 is 2.18 bits per heavy atom. The number of hydrogen-bond donors (Lipinski definition) is 2. The normalized spacial score (nSPS) is 11.9. The summed E-state index contributed by atoms with van der Waals surface area (Å²) in [5, 5.41) is 13.2. The van der Waals surface area contributed by atoms with Gasteiger partial charge >= 0.3 is 5.97 Å². The summed E-state index contributed by atoms with van der Waals surface area (Å²) in [5.74, 6) is -1.42. The minimum absolute atomic E-state index is 0.0452. The molecule has 0 spiro atoms. The first kappa shape index (κ1) is 24.2. The molecule has 1 atom stereocenters. The number of hydrogen-bond acceptors (Lipinski definition) is 8. The molecule has 1 heterocycles. The Bertz CT molecular complexity index is 1290. The van der Waals surface area contributed by atoms with Gasteiger partial charge in [-0.05, 0) is 55.5 Å². The number of carbonyl (C=O) groups is 2. The highest BCUT2D eigenvalue weighted by Gasteiger charge is 2.20. The molecule has 1 amide bonds. The van der Waals surface area contributed by atoms with Gasteiger partial charge in [0.2, 0.25) is 0 Å². The minimum atomic E-state index is -3.82. The molecule has 1 aromatic heterocycles. The zero-order valence-corrected chi connectivity index (χ0v) is 19.2. The number of nitro benzene ring substituents is 1. The van der Waals surface area contributed by atoms with Gasteiger partial charge in [0.25, 0.3) is 21.6 Å². The molecule has 13 heteroatoms. The summed E-state index contributed by atoms with van der Waals surface area (Å²) in [6, 6.07) is 13.5. The lowest BCUT2D eigenvalue weighted by Gasteiger charge is -2.14. The van der Waals surface area contributed by atoms with Gasteiger partial charge in [0, 0.05) is 23.5 Å². The summed E-state index contributed by atoms with van der Waals surface area (Å²) in [7, 11) is -3.82. The maximum Gasteiger partial charge on any atom is 0.338 e. The van der Waals surface area contributed by atoms with Crippen LogP contribution in [0, 0.1) is 10.1 Å². The molecule has 172 valence electrons. The smallest absolute Gasteiger partial charge is 0.338 e. The number of nitrogens with one attached hydrogen (secondary N) is 2. The molecule has 3 aromatic rings. The number of halogens is 1. The van der Waals surface area contributed by atoms with Crippen LogP contribution in [0.2, 0.25) is 4.34 Å². The Morgan fingerprint density at radius 2 is 1.64 bits per heavy atom. The lowest BCUT2D eigenvalue weighted by molar-refractivity contribution is -0.384. The number of rotatable bonds is 8. The summed E-state index contributed by atoms with van der Waals surface area (Å²) in [5.41, 5.74) is 0.502. The fourth-order valence-corrected chi connectivity index (χ4v) is 5.06. The van der Waals surface area contributed by atoms with Crippen molar-refractivity contribution in [1.29, 1.82) is 0 Å². The molecule has 2 N–H and O–H groups in total. The van der Waals surface area contributed by atoms with E-state index >= 15 is 0 Å². The predicted molar refractivity (Wildman–Crippen MR) is 123 cm³/mol. The molecule has 2 aromatic carbocycles. The van der Waals surface area contributed by atoms with E-state index in [-0.39, 0.29) is 21.1 Å². The molecule has 0 fully saturated rings. The molecule has 0 radical (unpaired) electrons. The summed E-state index contributed by atoms with van der Waals surface area (Å²) < 4.78 is 32.5. The second-order valence-corrected chi connectivity index (χ2v) is 10.2. The van der Waals surface area contributed by atoms with Crippen LogP contribution in [0.4, 0.5) is 17.1 Å². The second kappa shape index (κ2) is 9.98. The van der Waals surface area contributed by atoms with Crippen molar-refractivity contribution >= 4 is 61.9 Å². The molecule has 1 unspecified atom stereocenters. The van der Waals surface area contributed by atoms with Gasteiger partial charge in [-0.25, -0.2) is 13.2 Å². The predicted octanol–water partition coefficient (Wildman–Crippen LogP) is 4.29. The van der Waals surface area contributed by atoms with Crippen molar-refractivity contribution in [3.63, 3.8) is 0 Å². The number of anilines is 2. The largest absolute Gasteiger partial charge is 0.449 e. The number of carbonyl (C=O) groups excluding carboxylic acids is 2. The third-order valence-corrected chi connectivity index (χ3v) is 7.29. The number of thiophene rings is 1. The van der Waals surface area contributed by atoms with E-state index < -0.39 is 32.9 Å². The Balaban J connectivity index is 1.58. The molecule has 0 aliphatic heterocycles. The molecule has 0 aliphatic rings. The zero-order chi connectivity index (χ0) is 24.2. The SMILES string of the molecule is CC(OC(=O)c1ccc(NS(=O)(=O)c2ccc(Cl)s2)cc1)C(=O)Nc1ccc([N+](=O)[O-])cc1. The average Bonchev–Trinajstić information content (AvgIpc) is 3.21. The summed E-state index contributed by atoms with van der Waals surface area (Å²) in [4.78, 5) is 34.7. The lowest BCUT2D eigenvalue weighted by Crippen LogP contribution is -2.30. The first-order valence-corrected chi connectivity index (χ1v) is 11.9. The van der Waals surface area contributed by atoms with Gasteiger partial charge in [0.15, 0.2) is 6.10 Å². The van der Waals surface area contributed by atoms with Crippen LogP contribution >= 0.6 is 22.9 Å². The fourth-order valence-electron chi connectivity index (χ4n) is 2.51. The number of benzene rings is 2. The molecular weight excluding hydrogens is 494 g/mol. The molecule has 10 nitrogen and oxygen atoms in total. The zero-order valence-electron chi connectivity index (χ0n) is 16.9. The van der Waals surface area contributed by atoms with Gasteiger partial charge in [-0.15, -0.1) is 11.3 Å². The standard InChI is InChI=1S/C20H16ClN3O7S2/c1-12(19(25)22-14-6-8-16(9-7-14)24(27)28)31-20(26)13-2-4-15(5-3-13)23-33(29,30)18-11-10-17(21)32-18/h2-12,23H,1H3,(H,22,25). The van der Waals surface area contributed by atoms with Crippen LogP contribution in [0.3, 0.4) is 0 Å². The van der Waals surface area contributed by atoms with Crippen molar-refractivity contribution in [3.8, 4) is 0 Å². The van der Waals surface area contributed by atoms with E-state index in [1.54, 1.807) is 0 Å². The Labute approximate surface area is 197 Å². The topological polar surface area (TPSA) is 145 Å². The van der Waals surface area contributed by atoms with Gasteiger partial charge in [-0.2, -0.15) is 0 Å². The first-order chi connectivity index (χ1) is 15.5. The average molecular weight is 510 g/mol. The number of nitrogens with zero attached hydrogens (tertiary/aromatic N) is 1. The Hall–Kier alpha value is -3.48. The molecule has 3 rings (SSSR count). The molecular formula is C20H16ClN3O7S2. The quantitative estimate of drug-likeness (QED) is 0.261. The maximum absolute atomic E-state index is 12.3. The van der Waals surface area contributed by atoms with E-state index in [2.05, 4.69) is 10.0 Å². The van der Waals surface area contributed by atoms with Crippen LogP contribution in [-0.2, 0) is 19.6 Å². The van der Waals surface area contributed by atoms with E-state index in [1.807, 2.05) is 0 Å². The van der Waals surface area contributed by atoms with Crippen LogP contribution in [0.25, 0.3) is 0 Å². The Morgan fingerprint density at radius 1 is 1.03 bits per heavy atom. The number of esters is 1. The van der Waals surface area contributed by atoms with Crippen LogP contribution in [0.1, 0.15) is 17.3 Å². The Kier molecular flexibility index (Phi) is 7.31. The molecule has 33 heavy (non-hydrogen) atoms. The molecule has 0 bridgehead atoms. The summed E-state index contributed by atoms with van der Waals surface area (Å²) in [6.07, 6.45) is -1.16. The number of sulfonamides is 1. The third-order valence-electron chi connectivity index (χ3n) is 4.18. The van der Waals surface area contributed by atoms with Gasteiger partial charge in [0.05, 0.1) is 14.8 Å². The van der Waals surface area contributed by atoms with Crippen molar-refractivity contribution in [1.82, 2.24) is 0 Å². The van der Waals surface area contributed by atoms with Gasteiger partial charge in [-0.3, -0.25) is 19.6 Å². The van der Waals surface area contributed by atoms with E-state index in [0.717, 1.165) is 11.3 Å². The van der Waals surface area contributed by atoms with Gasteiger partial charge in [0.1, 0.15) is 4.21 Å². The highest BCUT2D eigenvalue weighted by atomic mass is 35.5. The summed E-state index contributed by atoms with van der Waals surface area (Å²) in [6.45, 7) is 1.37. The second-order valence-electron chi connectivity index (χ2n) is 6.58. The van der Waals surface area contributed by atoms with Crippen molar-refractivity contribution < 1.29 is 27.7 Å². The lowest BCUT2D eigenvalue weighted by atomic mass is 10.2. The van der Waals surface area contributed by atoms with Crippen molar-refractivity contribution in [2.75, 3.05) is 10.0 Å². The number of non-ortho nitro benzene ring substituents is 1. The van der Waals surface area contributed by atoms with Crippen molar-refractivity contribution in [3.05, 3.63) is 80.7 Å². The van der Waals surface area contributed by atoms with Gasteiger partial charge < -0.3 is 10.1 Å². The van der Waals surface area contributed by atoms with E-state index in [1.165, 1.54) is 67.6 Å². The maximum atomic E-state index is 12.3. The molecule has 0 saturated carbocycles. The van der Waals surface area contributed by atoms with E-state index in [4.69, 9.17) is 16.3 Å². The van der Waals surface area contributed by atoms with Crippen LogP contribution < -0.4 is 10.0 Å². The monoisotopic (exact) mass is 509 g/mol. The number of nitro groups is 1. The molecule has 0 saturated heterocycles. The van der Waals surface area contributed by atoms with E-state index in [9.17, 15) is 28.1 Å². The van der Waals surface area contributed by atoms with Crippen LogP contribution in [0.5, 0.6) is 0 Å². The van der Waals surface area contributed by atoms with E-state index in [0.29, 0.717) is 10.0 Å². The van der Waals surface area contributed by atoms with Crippen LogP contribution in [-0.4, -0.2) is 31.3 Å². The first-order valence-electron chi connectivity index (χ1n) is 9.20. The highest BCUT2D eigenvalue weighted by Crippen LogP contribution is 2.27. The number of amides is 1. The van der Waals surface area contributed by atoms with Crippen LogP contribution in [0.15, 0.2) is 64.9 Å². The molecule has 0 aliphatic carbocycles. The van der Waals surface area contributed by atoms with Crippen molar-refractivity contribution in [2.45, 2.75) is 17.2 Å². The van der Waals surface area contributed by atoms with Gasteiger partial charge in [-0.1, -0.05) is 11.6 Å². The highest BCUT2D eigenvalue weighted by molar-refractivity contribution is 7.94. The minimum Gasteiger partial charge on any atom is -0.449 e. The fraction of sp³-hybridized carbons (Fsp3) is 0.100.